The van der Waals surface area contributed by atoms with E-state index in [1.54, 1.807) is 15.9 Å². The Morgan fingerprint density at radius 1 is 0.720 bits per heavy atom. The minimum absolute atomic E-state index is 0.343. The standard InChI is InChI=1S/C21H20P2S2/c1-15-9-11-20-18(13-15)22-19-14-16(2)10-12-21(19)25-23(22,3,24-20)17-7-5-4-6-8-17/h4-14H,1-3H3. The van der Waals surface area contributed by atoms with Crippen molar-refractivity contribution in [1.29, 1.82) is 0 Å². The predicted octanol–water partition coefficient (Wildman–Crippen LogP) is 6.20. The molecule has 0 fully saturated rings. The second-order valence-corrected chi connectivity index (χ2v) is 26.1. The molecular formula is C21H20P2S2. The van der Waals surface area contributed by atoms with Crippen LogP contribution in [0.25, 0.3) is 0 Å². The maximum absolute atomic E-state index is 2.62. The number of benzene rings is 3. The third kappa shape index (κ3) is 2.18. The van der Waals surface area contributed by atoms with Gasteiger partial charge in [0.25, 0.3) is 0 Å². The van der Waals surface area contributed by atoms with Crippen molar-refractivity contribution < 1.29 is 0 Å². The van der Waals surface area contributed by atoms with Crippen molar-refractivity contribution in [3.8, 4) is 0 Å². The van der Waals surface area contributed by atoms with Gasteiger partial charge in [0.05, 0.1) is 0 Å². The van der Waals surface area contributed by atoms with E-state index >= 15 is 0 Å². The Morgan fingerprint density at radius 3 is 1.76 bits per heavy atom. The summed E-state index contributed by atoms with van der Waals surface area (Å²) in [7, 11) is -0.343. The van der Waals surface area contributed by atoms with Crippen LogP contribution in [0.15, 0.2) is 76.5 Å². The zero-order valence-electron chi connectivity index (χ0n) is 14.6. The Labute approximate surface area is 158 Å². The Morgan fingerprint density at radius 2 is 1.24 bits per heavy atom. The quantitative estimate of drug-likeness (QED) is 0.448. The van der Waals surface area contributed by atoms with Crippen LogP contribution in [0.2, 0.25) is 0 Å². The van der Waals surface area contributed by atoms with E-state index in [1.807, 2.05) is 0 Å². The molecule has 2 aliphatic heterocycles. The molecule has 2 heterocycles. The average Bonchev–Trinajstić information content (AvgIpc) is 3.02. The first-order valence-electron chi connectivity index (χ1n) is 8.48. The van der Waals surface area contributed by atoms with Crippen LogP contribution in [-0.4, -0.2) is 6.66 Å². The zero-order valence-corrected chi connectivity index (χ0v) is 18.0. The summed E-state index contributed by atoms with van der Waals surface area (Å²) in [6.45, 7) is 7.07. The van der Waals surface area contributed by atoms with Gasteiger partial charge in [-0.3, -0.25) is 0 Å². The summed E-state index contributed by atoms with van der Waals surface area (Å²) < 4.78 is -2.24. The molecule has 0 aromatic heterocycles. The predicted molar refractivity (Wildman–Crippen MR) is 119 cm³/mol. The summed E-state index contributed by atoms with van der Waals surface area (Å²) in [5.74, 6) is 0. The van der Waals surface area contributed by atoms with Crippen molar-refractivity contribution in [1.82, 2.24) is 0 Å². The first kappa shape index (κ1) is 16.4. The molecule has 0 bridgehead atoms. The zero-order chi connectivity index (χ0) is 17.3. The van der Waals surface area contributed by atoms with Gasteiger partial charge in [0.1, 0.15) is 0 Å². The third-order valence-corrected chi connectivity index (χ3v) is 27.0. The topological polar surface area (TPSA) is 0 Å². The van der Waals surface area contributed by atoms with Crippen LogP contribution in [0, 0.1) is 13.8 Å². The maximum atomic E-state index is 2.62. The van der Waals surface area contributed by atoms with Gasteiger partial charge in [-0.2, -0.15) is 0 Å². The number of hydrogen-bond acceptors (Lipinski definition) is 2. The molecule has 0 radical (unpaired) electrons. The third-order valence-electron chi connectivity index (χ3n) is 5.12. The molecule has 0 saturated heterocycles. The molecule has 0 amide bonds. The van der Waals surface area contributed by atoms with Crippen LogP contribution in [0.1, 0.15) is 11.1 Å². The molecule has 0 spiro atoms. The summed E-state index contributed by atoms with van der Waals surface area (Å²) in [6, 6.07) is 25.6. The molecule has 0 unspecified atom stereocenters. The van der Waals surface area contributed by atoms with Gasteiger partial charge in [-0.1, -0.05) is 0 Å². The van der Waals surface area contributed by atoms with Crippen molar-refractivity contribution >= 4 is 51.0 Å². The van der Waals surface area contributed by atoms with Gasteiger partial charge >= 0.3 is 159 Å². The molecule has 25 heavy (non-hydrogen) atoms. The summed E-state index contributed by atoms with van der Waals surface area (Å²) in [4.78, 5) is 3.03. The first-order chi connectivity index (χ1) is 12.0. The Bertz CT molecular complexity index is 958. The summed E-state index contributed by atoms with van der Waals surface area (Å²) in [5, 5.41) is 4.79. The van der Waals surface area contributed by atoms with Gasteiger partial charge in [0.15, 0.2) is 0 Å². The van der Waals surface area contributed by atoms with Crippen LogP contribution >= 0.6 is 35.1 Å². The van der Waals surface area contributed by atoms with Gasteiger partial charge in [-0.05, 0) is 0 Å². The number of rotatable bonds is 1. The number of fused-ring (bicyclic) bond motifs is 5. The van der Waals surface area contributed by atoms with Crippen LogP contribution in [0.5, 0.6) is 0 Å². The molecule has 3 aromatic carbocycles. The SMILES string of the molecule is Cc1ccc2c(c1)P1c3cc(C)ccc3SP1(C)(c1ccccc1)S2. The summed E-state index contributed by atoms with van der Waals surface area (Å²) in [5.41, 5.74) is 2.76. The Hall–Kier alpha value is -0.780. The monoisotopic (exact) mass is 398 g/mol. The van der Waals surface area contributed by atoms with Gasteiger partial charge in [0, 0.05) is 0 Å². The molecule has 5 rings (SSSR count). The summed E-state index contributed by atoms with van der Waals surface area (Å²) in [6.07, 6.45) is 0. The number of hydrogen-bond donors (Lipinski definition) is 0. The van der Waals surface area contributed by atoms with E-state index in [9.17, 15) is 0 Å². The molecule has 2 aliphatic rings. The van der Waals surface area contributed by atoms with E-state index < -0.39 is 4.70 Å². The average molecular weight is 398 g/mol. The molecular weight excluding hydrogens is 378 g/mol. The molecule has 0 nitrogen and oxygen atoms in total. The molecule has 0 aliphatic carbocycles. The Balaban J connectivity index is 1.86. The van der Waals surface area contributed by atoms with E-state index in [4.69, 9.17) is 0 Å². The van der Waals surface area contributed by atoms with Crippen molar-refractivity contribution in [2.24, 2.45) is 0 Å². The molecule has 0 saturated carbocycles. The van der Waals surface area contributed by atoms with Crippen LogP contribution < -0.4 is 15.9 Å². The van der Waals surface area contributed by atoms with Gasteiger partial charge in [-0.15, -0.1) is 0 Å². The second-order valence-electron chi connectivity index (χ2n) is 7.08. The molecule has 3 aromatic rings. The Kier molecular flexibility index (Phi) is 3.52. The fourth-order valence-electron chi connectivity index (χ4n) is 3.92. The van der Waals surface area contributed by atoms with Gasteiger partial charge in [-0.25, -0.2) is 0 Å². The second kappa shape index (κ2) is 5.37. The van der Waals surface area contributed by atoms with Crippen molar-refractivity contribution in [2.75, 3.05) is 6.66 Å². The minimum atomic E-state index is -2.24. The van der Waals surface area contributed by atoms with E-state index in [1.165, 1.54) is 20.9 Å². The van der Waals surface area contributed by atoms with Gasteiger partial charge in [0.2, 0.25) is 0 Å². The van der Waals surface area contributed by atoms with Crippen molar-refractivity contribution in [3.05, 3.63) is 77.9 Å². The summed E-state index contributed by atoms with van der Waals surface area (Å²) >= 11 is 4.41. The van der Waals surface area contributed by atoms with Crippen LogP contribution in [-0.2, 0) is 0 Å². The molecule has 4 heteroatoms. The van der Waals surface area contributed by atoms with Crippen molar-refractivity contribution in [3.63, 3.8) is 0 Å². The van der Waals surface area contributed by atoms with E-state index in [0.29, 0.717) is 0 Å². The van der Waals surface area contributed by atoms with E-state index in [-0.39, 0.29) is 7.61 Å². The van der Waals surface area contributed by atoms with Crippen molar-refractivity contribution in [2.45, 2.75) is 23.6 Å². The molecule has 126 valence electrons. The van der Waals surface area contributed by atoms with E-state index in [2.05, 4.69) is 110 Å². The fraction of sp³-hybridized carbons (Fsp3) is 0.143. The van der Waals surface area contributed by atoms with Crippen LogP contribution in [0.4, 0.5) is 0 Å². The normalized spacial score (nSPS) is 23.2. The van der Waals surface area contributed by atoms with Crippen LogP contribution in [0.3, 0.4) is 0 Å². The number of aryl methyl sites for hydroxylation is 2. The molecule has 0 atom stereocenters. The molecule has 0 N–H and O–H groups in total. The first-order valence-corrected chi connectivity index (χ1v) is 16.1. The van der Waals surface area contributed by atoms with E-state index in [0.717, 1.165) is 0 Å². The fourth-order valence-corrected chi connectivity index (χ4v) is 29.8. The van der Waals surface area contributed by atoms with Gasteiger partial charge < -0.3 is 0 Å².